The molecule has 1 aliphatic carbocycles. The Bertz CT molecular complexity index is 776. The van der Waals surface area contributed by atoms with Gasteiger partial charge in [0, 0.05) is 12.5 Å². The number of likely N-dealkylation sites (tertiary alicyclic amines) is 1. The highest BCUT2D eigenvalue weighted by Gasteiger charge is 2.57. The van der Waals surface area contributed by atoms with Crippen molar-refractivity contribution < 1.29 is 14.0 Å². The number of amides is 3. The van der Waals surface area contributed by atoms with Gasteiger partial charge >= 0.3 is 6.03 Å². The van der Waals surface area contributed by atoms with E-state index < -0.39 is 5.54 Å². The van der Waals surface area contributed by atoms with Gasteiger partial charge in [-0.2, -0.15) is 11.8 Å². The lowest BCUT2D eigenvalue weighted by atomic mass is 9.73. The van der Waals surface area contributed by atoms with Crippen molar-refractivity contribution >= 4 is 23.7 Å². The Balaban J connectivity index is 1.54. The number of benzene rings is 1. The summed E-state index contributed by atoms with van der Waals surface area (Å²) in [6.07, 6.45) is 9.48. The average molecular weight is 448 g/mol. The summed E-state index contributed by atoms with van der Waals surface area (Å²) in [6, 6.07) is 6.15. The van der Waals surface area contributed by atoms with Crippen molar-refractivity contribution in [1.29, 1.82) is 0 Å². The molecular formula is C24H34FN3O2S. The number of piperidine rings is 1. The smallest absolute Gasteiger partial charge is 0.322 e. The first-order valence-electron chi connectivity index (χ1n) is 11.6. The van der Waals surface area contributed by atoms with E-state index >= 15 is 0 Å². The van der Waals surface area contributed by atoms with Gasteiger partial charge in [0.25, 0.3) is 5.91 Å². The minimum absolute atomic E-state index is 0.0224. The Morgan fingerprint density at radius 1 is 1.10 bits per heavy atom. The van der Waals surface area contributed by atoms with E-state index in [1.807, 2.05) is 11.8 Å². The third-order valence-corrected chi connectivity index (χ3v) is 8.04. The molecule has 2 aliphatic heterocycles. The summed E-state index contributed by atoms with van der Waals surface area (Å²) in [4.78, 5) is 30.9. The third kappa shape index (κ3) is 4.77. The Morgan fingerprint density at radius 2 is 1.77 bits per heavy atom. The molecule has 1 unspecified atom stereocenters. The van der Waals surface area contributed by atoms with Crippen molar-refractivity contribution in [1.82, 2.24) is 15.1 Å². The molecular weight excluding hydrogens is 413 g/mol. The van der Waals surface area contributed by atoms with Gasteiger partial charge in [-0.15, -0.1) is 0 Å². The molecule has 170 valence electrons. The number of hydrogen-bond donors (Lipinski definition) is 1. The molecule has 0 radical (unpaired) electrons. The number of imide groups is 1. The molecule has 0 aromatic heterocycles. The van der Waals surface area contributed by atoms with E-state index in [1.54, 1.807) is 12.1 Å². The van der Waals surface area contributed by atoms with Gasteiger partial charge in [0.05, 0.1) is 0 Å². The highest BCUT2D eigenvalue weighted by atomic mass is 32.2. The van der Waals surface area contributed by atoms with Crippen LogP contribution < -0.4 is 5.32 Å². The van der Waals surface area contributed by atoms with Crippen LogP contribution in [0.1, 0.15) is 50.5 Å². The van der Waals surface area contributed by atoms with E-state index in [4.69, 9.17) is 0 Å². The summed E-state index contributed by atoms with van der Waals surface area (Å²) in [6.45, 7) is 3.00. The first-order valence-corrected chi connectivity index (χ1v) is 13.0. The van der Waals surface area contributed by atoms with Crippen LogP contribution in [0.2, 0.25) is 0 Å². The van der Waals surface area contributed by atoms with Crippen molar-refractivity contribution in [3.63, 3.8) is 0 Å². The van der Waals surface area contributed by atoms with Crippen molar-refractivity contribution in [2.75, 3.05) is 31.6 Å². The lowest BCUT2D eigenvalue weighted by molar-refractivity contribution is -0.135. The molecule has 4 rings (SSSR count). The number of nitrogens with zero attached hydrogens (tertiary/aromatic N) is 2. The van der Waals surface area contributed by atoms with Crippen molar-refractivity contribution in [2.45, 2.75) is 62.9 Å². The molecule has 1 aromatic carbocycles. The Kier molecular flexibility index (Phi) is 7.22. The van der Waals surface area contributed by atoms with Crippen LogP contribution in [0.25, 0.3) is 0 Å². The first-order chi connectivity index (χ1) is 15.0. The maximum atomic E-state index is 13.8. The van der Waals surface area contributed by atoms with E-state index in [2.05, 4.69) is 16.5 Å². The zero-order chi connectivity index (χ0) is 21.8. The Morgan fingerprint density at radius 3 is 2.42 bits per heavy atom. The van der Waals surface area contributed by atoms with Gasteiger partial charge in [-0.25, -0.2) is 9.18 Å². The Hall–Kier alpha value is -1.60. The predicted molar refractivity (Wildman–Crippen MR) is 123 cm³/mol. The molecule has 3 amide bonds. The van der Waals surface area contributed by atoms with Crippen LogP contribution in [-0.4, -0.2) is 65.0 Å². The van der Waals surface area contributed by atoms with E-state index in [9.17, 15) is 14.0 Å². The lowest BCUT2D eigenvalue weighted by Crippen LogP contribution is -2.58. The van der Waals surface area contributed by atoms with Gasteiger partial charge in [-0.3, -0.25) is 9.69 Å². The molecule has 1 saturated carbocycles. The average Bonchev–Trinajstić information content (AvgIpc) is 3.37. The minimum Gasteiger partial charge on any atom is -0.322 e. The highest BCUT2D eigenvalue weighted by Crippen LogP contribution is 2.39. The minimum atomic E-state index is -0.914. The van der Waals surface area contributed by atoms with E-state index in [0.29, 0.717) is 6.42 Å². The zero-order valence-electron chi connectivity index (χ0n) is 18.4. The Labute approximate surface area is 189 Å². The fourth-order valence-electron chi connectivity index (χ4n) is 5.65. The fourth-order valence-corrected chi connectivity index (χ4v) is 6.07. The second kappa shape index (κ2) is 9.90. The molecule has 1 atom stereocenters. The molecule has 5 nitrogen and oxygen atoms in total. The maximum absolute atomic E-state index is 13.8. The zero-order valence-corrected chi connectivity index (χ0v) is 19.3. The number of hydrogen-bond acceptors (Lipinski definition) is 4. The number of nitrogens with one attached hydrogen (secondary N) is 1. The second-order valence-electron chi connectivity index (χ2n) is 9.28. The van der Waals surface area contributed by atoms with Gasteiger partial charge in [0.1, 0.15) is 11.4 Å². The van der Waals surface area contributed by atoms with Crippen LogP contribution in [0.15, 0.2) is 24.3 Å². The summed E-state index contributed by atoms with van der Waals surface area (Å²) in [5.74, 6) is 0.914. The molecule has 3 fully saturated rings. The quantitative estimate of drug-likeness (QED) is 0.482. The SMILES string of the molecule is CSCCCN1CCC(C2(Cc3ccc(F)cc3)NC(=O)N(C3CCCC3)C2=O)CC1. The normalized spacial score (nSPS) is 26.1. The summed E-state index contributed by atoms with van der Waals surface area (Å²) in [7, 11) is 0. The van der Waals surface area contributed by atoms with Gasteiger partial charge in [-0.05, 0) is 87.4 Å². The largest absolute Gasteiger partial charge is 0.325 e. The third-order valence-electron chi connectivity index (χ3n) is 7.34. The molecule has 0 spiro atoms. The van der Waals surface area contributed by atoms with Gasteiger partial charge in [0.15, 0.2) is 0 Å². The predicted octanol–water partition coefficient (Wildman–Crippen LogP) is 4.07. The topological polar surface area (TPSA) is 52.7 Å². The molecule has 1 N–H and O–H groups in total. The van der Waals surface area contributed by atoms with Crippen LogP contribution >= 0.6 is 11.8 Å². The summed E-state index contributed by atoms with van der Waals surface area (Å²) < 4.78 is 13.5. The maximum Gasteiger partial charge on any atom is 0.325 e. The van der Waals surface area contributed by atoms with Crippen molar-refractivity contribution in [2.24, 2.45) is 5.92 Å². The highest BCUT2D eigenvalue weighted by molar-refractivity contribution is 7.98. The van der Waals surface area contributed by atoms with Crippen LogP contribution in [0.5, 0.6) is 0 Å². The van der Waals surface area contributed by atoms with Crippen molar-refractivity contribution in [3.05, 3.63) is 35.6 Å². The standard InChI is InChI=1S/C24H34FN3O2S/c1-31-16-4-13-27-14-11-19(12-15-27)24(17-18-7-9-20(25)10-8-18)22(29)28(23(30)26-24)21-5-2-3-6-21/h7-10,19,21H,2-6,11-17H2,1H3,(H,26,30). The van der Waals surface area contributed by atoms with E-state index in [-0.39, 0.29) is 29.7 Å². The fraction of sp³-hybridized carbons (Fsp3) is 0.667. The number of rotatable bonds is 8. The summed E-state index contributed by atoms with van der Waals surface area (Å²) in [5, 5.41) is 3.17. The van der Waals surface area contributed by atoms with Crippen LogP contribution in [0.4, 0.5) is 9.18 Å². The van der Waals surface area contributed by atoms with Gasteiger partial charge < -0.3 is 10.2 Å². The van der Waals surface area contributed by atoms with Gasteiger partial charge in [0.2, 0.25) is 0 Å². The molecule has 31 heavy (non-hydrogen) atoms. The number of carbonyl (C=O) groups is 2. The van der Waals surface area contributed by atoms with Crippen molar-refractivity contribution in [3.8, 4) is 0 Å². The molecule has 7 heteroatoms. The van der Waals surface area contributed by atoms with E-state index in [1.165, 1.54) is 29.2 Å². The first kappa shape index (κ1) is 22.6. The number of urea groups is 1. The molecule has 0 bridgehead atoms. The number of carbonyl (C=O) groups excluding carboxylic acids is 2. The molecule has 3 aliphatic rings. The van der Waals surface area contributed by atoms with Crippen LogP contribution in [0, 0.1) is 11.7 Å². The summed E-state index contributed by atoms with van der Waals surface area (Å²) >= 11 is 1.87. The lowest BCUT2D eigenvalue weighted by Gasteiger charge is -2.41. The summed E-state index contributed by atoms with van der Waals surface area (Å²) in [5.41, 5.74) is -0.0196. The number of thioether (sulfide) groups is 1. The molecule has 2 heterocycles. The molecule has 2 saturated heterocycles. The van der Waals surface area contributed by atoms with E-state index in [0.717, 1.165) is 63.7 Å². The number of halogens is 1. The van der Waals surface area contributed by atoms with Crippen LogP contribution in [0.3, 0.4) is 0 Å². The van der Waals surface area contributed by atoms with Crippen LogP contribution in [-0.2, 0) is 11.2 Å². The second-order valence-corrected chi connectivity index (χ2v) is 10.3. The van der Waals surface area contributed by atoms with Gasteiger partial charge in [-0.1, -0.05) is 25.0 Å². The molecule has 1 aromatic rings. The monoisotopic (exact) mass is 447 g/mol.